The van der Waals surface area contributed by atoms with Gasteiger partial charge in [-0.3, -0.25) is 0 Å². The van der Waals surface area contributed by atoms with Crippen molar-refractivity contribution in [1.29, 1.82) is 5.39 Å². The predicted octanol–water partition coefficient (Wildman–Crippen LogP) is -8.17. The van der Waals surface area contributed by atoms with E-state index in [0.717, 1.165) is 18.8 Å². The van der Waals surface area contributed by atoms with Gasteiger partial charge >= 0.3 is 25.2 Å². The first-order valence-electron chi connectivity index (χ1n) is 6.75. The molecule has 0 heterocycles. The molecule has 1 aromatic carbocycles. The van der Waals surface area contributed by atoms with E-state index in [1.165, 1.54) is 0 Å². The van der Waals surface area contributed by atoms with Crippen LogP contribution < -0.4 is 64.0 Å². The smallest absolute Gasteiger partial charge is 1.00 e. The summed E-state index contributed by atoms with van der Waals surface area (Å²) in [6, 6.07) is 3.58. The molecule has 0 fully saturated rings. The van der Waals surface area contributed by atoms with Gasteiger partial charge in [-0.05, 0) is 27.7 Å². The predicted molar refractivity (Wildman–Crippen MR) is 77.1 cm³/mol. The molecule has 1 rings (SSSR count). The van der Waals surface area contributed by atoms with E-state index in [4.69, 9.17) is 14.9 Å². The first kappa shape index (κ1) is 35.0. The Bertz CT molecular complexity index is 472. The Morgan fingerprint density at radius 2 is 1.33 bits per heavy atom. The van der Waals surface area contributed by atoms with Crippen LogP contribution in [0.1, 0.15) is 27.7 Å². The summed E-state index contributed by atoms with van der Waals surface area (Å²) >= 11 is 0. The molecule has 5 nitrogen and oxygen atoms in total. The van der Waals surface area contributed by atoms with E-state index in [2.05, 4.69) is 23.7 Å². The molecule has 0 unspecified atom stereocenters. The third-order valence-electron chi connectivity index (χ3n) is 2.85. The second-order valence-corrected chi connectivity index (χ2v) is 3.93. The maximum absolute atomic E-state index is 9.06. The summed E-state index contributed by atoms with van der Waals surface area (Å²) in [5, 5.41) is 9.06. The number of ether oxygens (including phenoxy) is 2. The summed E-state index contributed by atoms with van der Waals surface area (Å²) < 4.78 is 11.1. The standard InChI is InChI=1S/C14H22N3O2.4ClH.Zn/c1-5-17(6-2)12-10-13(18-7-3)11(16-15)9-14(12)19-8-4;;;;;/h9-10H,5-8H2,1-4H3;4*1H;/q+1;;;;;+2/p-4. The number of hydrogen-bond acceptors (Lipinski definition) is 4. The number of anilines is 1. The molecule has 0 atom stereocenters. The first-order chi connectivity index (χ1) is 9.21. The maximum Gasteiger partial charge on any atom is 2.00 e. The monoisotopic (exact) mass is 468 g/mol. The summed E-state index contributed by atoms with van der Waals surface area (Å²) in [7, 11) is 0. The number of diazo groups is 1. The molecular weight excluding hydrogens is 449 g/mol. The van der Waals surface area contributed by atoms with Gasteiger partial charge in [0.1, 0.15) is 0 Å². The van der Waals surface area contributed by atoms with E-state index in [1.807, 2.05) is 19.9 Å². The van der Waals surface area contributed by atoms with Crippen molar-refractivity contribution in [3.05, 3.63) is 17.1 Å². The van der Waals surface area contributed by atoms with Gasteiger partial charge in [0.25, 0.3) is 0 Å². The molecule has 0 aromatic heterocycles. The van der Waals surface area contributed by atoms with Crippen LogP contribution in [0, 0.1) is 5.39 Å². The van der Waals surface area contributed by atoms with Crippen molar-refractivity contribution in [1.82, 2.24) is 0 Å². The molecule has 10 heteroatoms. The third-order valence-corrected chi connectivity index (χ3v) is 2.85. The van der Waals surface area contributed by atoms with Crippen LogP contribution in [-0.4, -0.2) is 26.3 Å². The zero-order chi connectivity index (χ0) is 14.3. The van der Waals surface area contributed by atoms with Crippen molar-refractivity contribution in [3.63, 3.8) is 0 Å². The number of rotatable bonds is 7. The van der Waals surface area contributed by atoms with E-state index < -0.39 is 0 Å². The van der Waals surface area contributed by atoms with Gasteiger partial charge in [0.05, 0.1) is 25.0 Å². The van der Waals surface area contributed by atoms with Crippen molar-refractivity contribution in [2.75, 3.05) is 31.2 Å². The molecule has 24 heavy (non-hydrogen) atoms. The summed E-state index contributed by atoms with van der Waals surface area (Å²) in [5.74, 6) is 1.28. The second kappa shape index (κ2) is 19.2. The number of halogens is 4. The van der Waals surface area contributed by atoms with Gasteiger partial charge in [0, 0.05) is 19.2 Å². The summed E-state index contributed by atoms with van der Waals surface area (Å²) in [6.07, 6.45) is 0. The zero-order valence-corrected chi connectivity index (χ0v) is 20.4. The zero-order valence-electron chi connectivity index (χ0n) is 14.4. The SMILES string of the molecule is CCOc1cc(N(CC)CC)c(OCC)cc1[N+]#N.[Cl-].[Cl-].[Cl-].[Cl-].[Zn+2]. The van der Waals surface area contributed by atoms with Gasteiger partial charge in [-0.25, -0.2) is 0 Å². The van der Waals surface area contributed by atoms with E-state index in [0.29, 0.717) is 30.4 Å². The molecule has 0 bridgehead atoms. The Hall–Kier alpha value is -0.177. The van der Waals surface area contributed by atoms with Crippen LogP contribution >= 0.6 is 0 Å². The summed E-state index contributed by atoms with van der Waals surface area (Å²) in [5.41, 5.74) is 1.35. The fourth-order valence-corrected chi connectivity index (χ4v) is 1.97. The van der Waals surface area contributed by atoms with Crippen LogP contribution in [0.15, 0.2) is 12.1 Å². The van der Waals surface area contributed by atoms with Gasteiger partial charge in [-0.1, -0.05) is 0 Å². The van der Waals surface area contributed by atoms with Gasteiger partial charge in [-0.15, -0.1) is 0 Å². The molecule has 0 N–H and O–H groups in total. The van der Waals surface area contributed by atoms with E-state index in [1.54, 1.807) is 6.07 Å². The Kier molecular flexibility index (Phi) is 27.9. The summed E-state index contributed by atoms with van der Waals surface area (Å²) in [6.45, 7) is 10.8. The number of benzene rings is 1. The van der Waals surface area contributed by atoms with E-state index in [9.17, 15) is 0 Å². The van der Waals surface area contributed by atoms with Crippen LogP contribution in [0.3, 0.4) is 0 Å². The fraction of sp³-hybridized carbons (Fsp3) is 0.571. The number of hydrogen-bond donors (Lipinski definition) is 0. The van der Waals surface area contributed by atoms with E-state index >= 15 is 0 Å². The van der Waals surface area contributed by atoms with Crippen LogP contribution in [-0.2, 0) is 19.5 Å². The topological polar surface area (TPSA) is 49.9 Å². The Balaban J connectivity index is -0.000000241. The normalized spacial score (nSPS) is 7.79. The summed E-state index contributed by atoms with van der Waals surface area (Å²) in [4.78, 5) is 5.44. The molecule has 0 aliphatic carbocycles. The fourth-order valence-electron chi connectivity index (χ4n) is 1.97. The van der Waals surface area contributed by atoms with Gasteiger partial charge in [0.15, 0.2) is 10.7 Å². The Morgan fingerprint density at radius 3 is 1.71 bits per heavy atom. The average Bonchev–Trinajstić information content (AvgIpc) is 2.43. The minimum Gasteiger partial charge on any atom is -1.00 e. The third kappa shape index (κ3) is 9.34. The molecule has 0 saturated heterocycles. The van der Waals surface area contributed by atoms with Crippen molar-refractivity contribution in [2.24, 2.45) is 0 Å². The minimum absolute atomic E-state index is 0. The molecule has 1 aromatic rings. The van der Waals surface area contributed by atoms with Crippen molar-refractivity contribution in [2.45, 2.75) is 27.7 Å². The van der Waals surface area contributed by atoms with Crippen LogP contribution in [0.2, 0.25) is 0 Å². The van der Waals surface area contributed by atoms with Gasteiger partial charge < -0.3 is 64.0 Å². The number of nitrogens with zero attached hydrogens (tertiary/aromatic N) is 3. The van der Waals surface area contributed by atoms with E-state index in [-0.39, 0.29) is 69.1 Å². The quantitative estimate of drug-likeness (QED) is 0.293. The van der Waals surface area contributed by atoms with Crippen LogP contribution in [0.5, 0.6) is 11.5 Å². The Morgan fingerprint density at radius 1 is 0.875 bits per heavy atom. The first-order valence-corrected chi connectivity index (χ1v) is 6.75. The molecule has 0 radical (unpaired) electrons. The molecule has 136 valence electrons. The Labute approximate surface area is 182 Å². The largest absolute Gasteiger partial charge is 2.00 e. The van der Waals surface area contributed by atoms with Crippen molar-refractivity contribution < 1.29 is 78.6 Å². The van der Waals surface area contributed by atoms with Crippen LogP contribution in [0.4, 0.5) is 11.4 Å². The van der Waals surface area contributed by atoms with Gasteiger partial charge in [0.2, 0.25) is 11.1 Å². The molecule has 0 aliphatic rings. The molecular formula is C14H22Cl4N3O2Zn-. The van der Waals surface area contributed by atoms with Crippen LogP contribution in [0.25, 0.3) is 4.98 Å². The minimum atomic E-state index is 0. The molecule has 0 spiro atoms. The second-order valence-electron chi connectivity index (χ2n) is 3.93. The molecule has 0 aliphatic heterocycles. The average molecular weight is 472 g/mol. The maximum atomic E-state index is 9.06. The molecule has 0 saturated carbocycles. The van der Waals surface area contributed by atoms with Crippen molar-refractivity contribution in [3.8, 4) is 11.5 Å². The van der Waals surface area contributed by atoms with Crippen molar-refractivity contribution >= 4 is 11.4 Å². The van der Waals surface area contributed by atoms with Gasteiger partial charge in [-0.2, -0.15) is 0 Å². The molecule has 0 amide bonds.